The van der Waals surface area contributed by atoms with Crippen LogP contribution in [-0.2, 0) is 6.61 Å². The second-order valence-corrected chi connectivity index (χ2v) is 7.88. The Morgan fingerprint density at radius 3 is 2.38 bits per heavy atom. The van der Waals surface area contributed by atoms with Crippen LogP contribution in [0, 0.1) is 6.92 Å². The predicted molar refractivity (Wildman–Crippen MR) is 128 cm³/mol. The van der Waals surface area contributed by atoms with E-state index in [1.54, 1.807) is 36.4 Å². The molecule has 1 amide bonds. The van der Waals surface area contributed by atoms with Crippen molar-refractivity contribution in [2.45, 2.75) is 13.5 Å². The number of amides is 1. The van der Waals surface area contributed by atoms with Crippen LogP contribution in [0.2, 0.25) is 5.02 Å². The second-order valence-electron chi connectivity index (χ2n) is 7.03. The van der Waals surface area contributed by atoms with Crippen molar-refractivity contribution in [2.24, 2.45) is 0 Å². The molecule has 6 nitrogen and oxygen atoms in total. The van der Waals surface area contributed by atoms with Gasteiger partial charge in [-0.15, -0.1) is 0 Å². The summed E-state index contributed by atoms with van der Waals surface area (Å²) < 4.78 is 11.2. The minimum Gasteiger partial charge on any atom is -0.459 e. The van der Waals surface area contributed by atoms with Gasteiger partial charge in [0, 0.05) is 21.8 Å². The van der Waals surface area contributed by atoms with E-state index >= 15 is 0 Å². The second kappa shape index (κ2) is 9.40. The first-order valence-electron chi connectivity index (χ1n) is 9.71. The summed E-state index contributed by atoms with van der Waals surface area (Å²) in [7, 11) is 0. The third-order valence-electron chi connectivity index (χ3n) is 4.77. The topological polar surface area (TPSA) is 87.6 Å². The van der Waals surface area contributed by atoms with Gasteiger partial charge in [-0.3, -0.25) is 10.1 Å². The SMILES string of the molecule is Cc1ccc(-c2ccc(CO)o2)cc1NC(=S)NC(=O)c1ccc(-c2ccc(Cl)cc2)o1. The van der Waals surface area contributed by atoms with Gasteiger partial charge >= 0.3 is 0 Å². The maximum absolute atomic E-state index is 12.6. The Morgan fingerprint density at radius 1 is 0.969 bits per heavy atom. The lowest BCUT2D eigenvalue weighted by Crippen LogP contribution is -2.34. The molecule has 162 valence electrons. The molecule has 0 spiro atoms. The van der Waals surface area contributed by atoms with Crippen molar-refractivity contribution in [3.63, 3.8) is 0 Å². The van der Waals surface area contributed by atoms with Crippen molar-refractivity contribution in [1.82, 2.24) is 5.32 Å². The lowest BCUT2D eigenvalue weighted by Gasteiger charge is -2.12. The van der Waals surface area contributed by atoms with Crippen molar-refractivity contribution in [3.05, 3.63) is 88.8 Å². The number of carbonyl (C=O) groups excluding carboxylic acids is 1. The number of hydrogen-bond donors (Lipinski definition) is 3. The molecule has 2 heterocycles. The van der Waals surface area contributed by atoms with E-state index in [4.69, 9.17) is 32.7 Å². The number of aryl methyl sites for hydroxylation is 1. The van der Waals surface area contributed by atoms with Crippen molar-refractivity contribution < 1.29 is 18.7 Å². The van der Waals surface area contributed by atoms with Crippen molar-refractivity contribution >= 4 is 40.5 Å². The normalized spacial score (nSPS) is 10.7. The first kappa shape index (κ1) is 21.8. The Bertz CT molecular complexity index is 1280. The number of halogens is 1. The standard InChI is InChI=1S/C24H19ClN2O4S/c1-14-2-3-16(21-9-8-18(13-28)30-21)12-19(14)26-24(32)27-23(29)22-11-10-20(31-22)15-4-6-17(25)7-5-15/h2-12,28H,13H2,1H3,(H2,26,27,29,32). The molecular weight excluding hydrogens is 448 g/mol. The first-order chi connectivity index (χ1) is 15.4. The molecule has 2 aromatic heterocycles. The Labute approximate surface area is 194 Å². The fraction of sp³-hybridized carbons (Fsp3) is 0.0833. The van der Waals surface area contributed by atoms with Crippen molar-refractivity contribution in [1.29, 1.82) is 0 Å². The molecule has 2 aromatic carbocycles. The molecule has 3 N–H and O–H groups in total. The van der Waals surface area contributed by atoms with Gasteiger partial charge in [-0.25, -0.2) is 0 Å². The summed E-state index contributed by atoms with van der Waals surface area (Å²) in [5, 5.41) is 15.6. The number of rotatable bonds is 5. The van der Waals surface area contributed by atoms with Gasteiger partial charge in [-0.2, -0.15) is 0 Å². The van der Waals surface area contributed by atoms with Crippen LogP contribution < -0.4 is 10.6 Å². The molecule has 0 atom stereocenters. The van der Waals surface area contributed by atoms with Gasteiger partial charge < -0.3 is 19.3 Å². The zero-order chi connectivity index (χ0) is 22.7. The average molecular weight is 467 g/mol. The number of anilines is 1. The van der Waals surface area contributed by atoms with Crippen LogP contribution in [-0.4, -0.2) is 16.1 Å². The molecule has 0 fully saturated rings. The summed E-state index contributed by atoms with van der Waals surface area (Å²) in [6, 6.07) is 19.6. The van der Waals surface area contributed by atoms with Crippen molar-refractivity contribution in [2.75, 3.05) is 5.32 Å². The molecule has 4 aromatic rings. The number of nitrogens with one attached hydrogen (secondary N) is 2. The van der Waals surface area contributed by atoms with E-state index in [9.17, 15) is 9.90 Å². The third kappa shape index (κ3) is 4.91. The molecule has 4 rings (SSSR count). The maximum atomic E-state index is 12.6. The maximum Gasteiger partial charge on any atom is 0.293 e. The Balaban J connectivity index is 1.44. The van der Waals surface area contributed by atoms with Crippen LogP contribution in [0.15, 0.2) is 75.6 Å². The number of hydrogen-bond acceptors (Lipinski definition) is 5. The molecule has 32 heavy (non-hydrogen) atoms. The zero-order valence-corrected chi connectivity index (χ0v) is 18.6. The van der Waals surface area contributed by atoms with E-state index in [2.05, 4.69) is 10.6 Å². The highest BCUT2D eigenvalue weighted by Crippen LogP contribution is 2.27. The van der Waals surface area contributed by atoms with Gasteiger partial charge in [0.1, 0.15) is 23.9 Å². The summed E-state index contributed by atoms with van der Waals surface area (Å²) >= 11 is 11.2. The molecule has 0 saturated heterocycles. The molecule has 0 aliphatic rings. The zero-order valence-electron chi connectivity index (χ0n) is 17.0. The summed E-state index contributed by atoms with van der Waals surface area (Å²) in [5.41, 5.74) is 3.27. The Hall–Kier alpha value is -3.39. The van der Waals surface area contributed by atoms with Crippen LogP contribution in [0.1, 0.15) is 21.9 Å². The van der Waals surface area contributed by atoms with E-state index < -0.39 is 5.91 Å². The van der Waals surface area contributed by atoms with E-state index in [1.807, 2.05) is 37.3 Å². The predicted octanol–water partition coefficient (Wildman–Crippen LogP) is 5.79. The van der Waals surface area contributed by atoms with Crippen LogP contribution in [0.3, 0.4) is 0 Å². The molecule has 0 aliphatic carbocycles. The molecule has 0 radical (unpaired) electrons. The smallest absolute Gasteiger partial charge is 0.293 e. The summed E-state index contributed by atoms with van der Waals surface area (Å²) in [4.78, 5) is 12.6. The van der Waals surface area contributed by atoms with Crippen LogP contribution >= 0.6 is 23.8 Å². The van der Waals surface area contributed by atoms with Crippen LogP contribution in [0.5, 0.6) is 0 Å². The Morgan fingerprint density at radius 2 is 1.66 bits per heavy atom. The summed E-state index contributed by atoms with van der Waals surface area (Å²) in [5.74, 6) is 1.33. The van der Waals surface area contributed by atoms with Crippen LogP contribution in [0.25, 0.3) is 22.6 Å². The molecular formula is C24H19ClN2O4S. The van der Waals surface area contributed by atoms with E-state index in [0.717, 1.165) is 22.4 Å². The lowest BCUT2D eigenvalue weighted by molar-refractivity contribution is 0.0951. The fourth-order valence-corrected chi connectivity index (χ4v) is 3.40. The van der Waals surface area contributed by atoms with E-state index in [0.29, 0.717) is 22.3 Å². The van der Waals surface area contributed by atoms with E-state index in [1.165, 1.54) is 0 Å². The highest BCUT2D eigenvalue weighted by Gasteiger charge is 2.15. The molecule has 8 heteroatoms. The highest BCUT2D eigenvalue weighted by molar-refractivity contribution is 7.80. The van der Waals surface area contributed by atoms with Gasteiger partial charge in [0.05, 0.1) is 0 Å². The summed E-state index contributed by atoms with van der Waals surface area (Å²) in [6.07, 6.45) is 0. The quantitative estimate of drug-likeness (QED) is 0.323. The van der Waals surface area contributed by atoms with Gasteiger partial charge in [-0.1, -0.05) is 23.7 Å². The average Bonchev–Trinajstić information content (AvgIpc) is 3.46. The van der Waals surface area contributed by atoms with Gasteiger partial charge in [-0.05, 0) is 79.3 Å². The highest BCUT2D eigenvalue weighted by atomic mass is 35.5. The Kier molecular flexibility index (Phi) is 6.41. The first-order valence-corrected chi connectivity index (χ1v) is 10.5. The number of carbonyl (C=O) groups is 1. The number of benzene rings is 2. The fourth-order valence-electron chi connectivity index (χ4n) is 3.08. The molecule has 0 saturated carbocycles. The summed E-state index contributed by atoms with van der Waals surface area (Å²) in [6.45, 7) is 1.75. The van der Waals surface area contributed by atoms with Gasteiger partial charge in [0.25, 0.3) is 5.91 Å². The van der Waals surface area contributed by atoms with E-state index in [-0.39, 0.29) is 17.5 Å². The number of furan rings is 2. The number of aliphatic hydroxyl groups excluding tert-OH is 1. The van der Waals surface area contributed by atoms with Crippen LogP contribution in [0.4, 0.5) is 5.69 Å². The minimum absolute atomic E-state index is 0.134. The largest absolute Gasteiger partial charge is 0.459 e. The molecule has 0 aliphatic heterocycles. The minimum atomic E-state index is -0.463. The molecule has 0 unspecified atom stereocenters. The third-order valence-corrected chi connectivity index (χ3v) is 5.23. The number of thiocarbonyl (C=S) groups is 1. The number of aliphatic hydroxyl groups is 1. The monoisotopic (exact) mass is 466 g/mol. The molecule has 0 bridgehead atoms. The van der Waals surface area contributed by atoms with Crippen molar-refractivity contribution in [3.8, 4) is 22.6 Å². The lowest BCUT2D eigenvalue weighted by atomic mass is 10.1. The van der Waals surface area contributed by atoms with Gasteiger partial charge in [0.15, 0.2) is 10.9 Å². The van der Waals surface area contributed by atoms with Gasteiger partial charge in [0.2, 0.25) is 0 Å².